The van der Waals surface area contributed by atoms with Gasteiger partial charge in [-0.25, -0.2) is 0 Å². The molecule has 0 amide bonds. The van der Waals surface area contributed by atoms with E-state index in [1.165, 1.54) is 16.2 Å². The van der Waals surface area contributed by atoms with E-state index in [1.807, 2.05) is 0 Å². The molecule has 7 heavy (non-hydrogen) atoms. The molecule has 0 heterocycles. The first-order valence-corrected chi connectivity index (χ1v) is 2.78. The molecule has 0 atom stereocenters. The molecule has 0 saturated carbocycles. The van der Waals surface area contributed by atoms with Crippen LogP contribution in [0.4, 0.5) is 0 Å². The van der Waals surface area contributed by atoms with Gasteiger partial charge in [0, 0.05) is 0 Å². The van der Waals surface area contributed by atoms with Crippen molar-refractivity contribution in [3.8, 4) is 0 Å². The van der Waals surface area contributed by atoms with Gasteiger partial charge in [-0.05, 0) is 0 Å². The zero-order valence-electron chi connectivity index (χ0n) is 2.94. The summed E-state index contributed by atoms with van der Waals surface area (Å²) >= 11 is 1.38. The van der Waals surface area contributed by atoms with Crippen LogP contribution in [0.5, 0.6) is 0 Å². The van der Waals surface area contributed by atoms with Gasteiger partial charge in [0.05, 0.1) is 0 Å². The van der Waals surface area contributed by atoms with Crippen LogP contribution < -0.4 is 0 Å². The van der Waals surface area contributed by atoms with Crippen molar-refractivity contribution in [1.82, 2.24) is 0 Å². The van der Waals surface area contributed by atoms with Crippen molar-refractivity contribution in [2.24, 2.45) is 0 Å². The maximum absolute atomic E-state index is 8.74. The monoisotopic (exact) mass is 166 g/mol. The zero-order valence-corrected chi connectivity index (χ0v) is 5.03. The molecule has 5 nitrogen and oxygen atoms in total. The van der Waals surface area contributed by atoms with E-state index in [0.717, 1.165) is 0 Å². The van der Waals surface area contributed by atoms with Gasteiger partial charge in [-0.2, -0.15) is 8.42 Å². The van der Waals surface area contributed by atoms with Crippen LogP contribution in [0.2, 0.25) is 0 Å². The van der Waals surface area contributed by atoms with Gasteiger partial charge in [0.15, 0.2) is 0 Å². The van der Waals surface area contributed by atoms with Crippen molar-refractivity contribution in [3.63, 3.8) is 0 Å². The van der Waals surface area contributed by atoms with Gasteiger partial charge in [0.2, 0.25) is 0 Å². The molecule has 0 aliphatic heterocycles. The molecule has 0 aromatic heterocycles. The zero-order chi connectivity index (χ0) is 6.50. The van der Waals surface area contributed by atoms with Gasteiger partial charge in [0.1, 0.15) is 0 Å². The van der Waals surface area contributed by atoms with E-state index in [-0.39, 0.29) is 0 Å². The summed E-state index contributed by atoms with van der Waals surface area (Å²) in [6.07, 6.45) is 0. The molecule has 0 rings (SSSR count). The minimum atomic E-state index is -4.67. The fourth-order valence-corrected chi connectivity index (χ4v) is 0. The van der Waals surface area contributed by atoms with Crippen LogP contribution >= 0.6 is 0 Å². The molecule has 0 fully saturated rings. The molecule has 0 bridgehead atoms. The fourth-order valence-electron chi connectivity index (χ4n) is 0. The van der Waals surface area contributed by atoms with E-state index in [9.17, 15) is 0 Å². The SMILES string of the molecule is O=S(=O)(O)O.[O]=[Cr]. The van der Waals surface area contributed by atoms with Crippen molar-refractivity contribution in [2.75, 3.05) is 0 Å². The Morgan fingerprint density at radius 2 is 1.14 bits per heavy atom. The van der Waals surface area contributed by atoms with Crippen LogP contribution in [0.15, 0.2) is 0 Å². The van der Waals surface area contributed by atoms with Crippen molar-refractivity contribution in [3.05, 3.63) is 0 Å². The molecular formula is H2CrO5S. The summed E-state index contributed by atoms with van der Waals surface area (Å²) in [4.78, 5) is 0. The Morgan fingerprint density at radius 3 is 1.14 bits per heavy atom. The molecule has 7 heteroatoms. The Balaban J connectivity index is 0. The topological polar surface area (TPSA) is 91.7 Å². The van der Waals surface area contributed by atoms with E-state index in [1.54, 1.807) is 0 Å². The van der Waals surface area contributed by atoms with Crippen molar-refractivity contribution >= 4 is 10.4 Å². The van der Waals surface area contributed by atoms with Gasteiger partial charge in [0.25, 0.3) is 0 Å². The summed E-state index contributed by atoms with van der Waals surface area (Å²) in [6.45, 7) is 0. The molecule has 0 aromatic carbocycles. The molecule has 0 aliphatic carbocycles. The van der Waals surface area contributed by atoms with Crippen molar-refractivity contribution in [2.45, 2.75) is 0 Å². The van der Waals surface area contributed by atoms with E-state index in [4.69, 9.17) is 21.3 Å². The molecule has 0 spiro atoms. The number of hydrogen-bond acceptors (Lipinski definition) is 3. The summed E-state index contributed by atoms with van der Waals surface area (Å²) in [5.41, 5.74) is 0. The second-order valence-corrected chi connectivity index (χ2v) is 1.34. The molecule has 0 aliphatic rings. The predicted octanol–water partition coefficient (Wildman–Crippen LogP) is -0.774. The normalized spacial score (nSPS) is 8.86. The van der Waals surface area contributed by atoms with Gasteiger partial charge in [-0.15, -0.1) is 0 Å². The van der Waals surface area contributed by atoms with Gasteiger partial charge in [-0.3, -0.25) is 9.11 Å². The third-order valence-electron chi connectivity index (χ3n) is 0. The molecule has 2 N–H and O–H groups in total. The first kappa shape index (κ1) is 10.2. The van der Waals surface area contributed by atoms with Gasteiger partial charge in [-0.1, -0.05) is 0 Å². The van der Waals surface area contributed by atoms with Gasteiger partial charge < -0.3 is 0 Å². The van der Waals surface area contributed by atoms with Crippen LogP contribution in [-0.4, -0.2) is 17.5 Å². The van der Waals surface area contributed by atoms with Gasteiger partial charge >= 0.3 is 30.4 Å². The molecule has 0 radical (unpaired) electrons. The van der Waals surface area contributed by atoms with Crippen LogP contribution in [0.25, 0.3) is 0 Å². The Hall–Kier alpha value is 0.202. The second kappa shape index (κ2) is 4.36. The summed E-state index contributed by atoms with van der Waals surface area (Å²) in [5, 5.41) is 0. The Bertz CT molecular complexity index is 102. The van der Waals surface area contributed by atoms with Crippen LogP contribution in [0.3, 0.4) is 0 Å². The summed E-state index contributed by atoms with van der Waals surface area (Å²) < 4.78 is 39.7. The van der Waals surface area contributed by atoms with Crippen LogP contribution in [0, 0.1) is 0 Å². The predicted molar refractivity (Wildman–Crippen MR) is 14.9 cm³/mol. The summed E-state index contributed by atoms with van der Waals surface area (Å²) in [7, 11) is -4.67. The van der Waals surface area contributed by atoms with E-state index in [0.29, 0.717) is 0 Å². The van der Waals surface area contributed by atoms with Crippen LogP contribution in [-0.2, 0) is 30.4 Å². The third kappa shape index (κ3) is 2670. The maximum atomic E-state index is 8.74. The van der Waals surface area contributed by atoms with Crippen molar-refractivity contribution in [1.29, 1.82) is 0 Å². The Kier molecular flexibility index (Phi) is 6.38. The Morgan fingerprint density at radius 1 is 1.14 bits per heavy atom. The van der Waals surface area contributed by atoms with Crippen molar-refractivity contribution < 1.29 is 37.6 Å². The molecule has 0 saturated heterocycles. The minimum absolute atomic E-state index is 1.38. The molecular weight excluding hydrogens is 164 g/mol. The fraction of sp³-hybridized carbons (Fsp3) is 0. The molecule has 44 valence electrons. The molecule has 0 aromatic rings. The summed E-state index contributed by atoms with van der Waals surface area (Å²) in [5.74, 6) is 0. The second-order valence-electron chi connectivity index (χ2n) is 0.448. The average Bonchev–Trinajstić information content (AvgIpc) is 1.36. The first-order valence-electron chi connectivity index (χ1n) is 0.865. The quantitative estimate of drug-likeness (QED) is 0.461. The Labute approximate surface area is 48.6 Å². The third-order valence-corrected chi connectivity index (χ3v) is 0. The summed E-state index contributed by atoms with van der Waals surface area (Å²) in [6, 6.07) is 0. The standard InChI is InChI=1S/Cr.H2O4S.O/c;1-5(2,3)4;/h;(H2,1,2,3,4);. The average molecular weight is 166 g/mol. The van der Waals surface area contributed by atoms with E-state index >= 15 is 0 Å². The van der Waals surface area contributed by atoms with E-state index < -0.39 is 10.4 Å². The first-order chi connectivity index (χ1) is 3.00. The molecule has 0 unspecified atom stereocenters. The number of rotatable bonds is 0. The number of hydrogen-bond donors (Lipinski definition) is 2. The van der Waals surface area contributed by atoms with E-state index in [2.05, 4.69) is 0 Å². The van der Waals surface area contributed by atoms with Crippen LogP contribution in [0.1, 0.15) is 0 Å².